The lowest BCUT2D eigenvalue weighted by Gasteiger charge is -2.15. The molecule has 0 aliphatic carbocycles. The number of hydrogen-bond donors (Lipinski definition) is 1. The zero-order chi connectivity index (χ0) is 13.0. The molecule has 0 aromatic heterocycles. The SMILES string of the molecule is COc1cc(C(=O)N(C)OC)cc(C(C)O)c1. The van der Waals surface area contributed by atoms with E-state index in [-0.39, 0.29) is 5.91 Å². The molecule has 0 saturated carbocycles. The summed E-state index contributed by atoms with van der Waals surface area (Å²) >= 11 is 0. The van der Waals surface area contributed by atoms with Crippen molar-refractivity contribution < 1.29 is 19.5 Å². The van der Waals surface area contributed by atoms with Crippen molar-refractivity contribution in [2.75, 3.05) is 21.3 Å². The Labute approximate surface area is 101 Å². The number of aliphatic hydroxyl groups is 1. The molecule has 0 aliphatic heterocycles. The molecule has 0 heterocycles. The van der Waals surface area contributed by atoms with E-state index in [2.05, 4.69) is 0 Å². The van der Waals surface area contributed by atoms with Crippen molar-refractivity contribution >= 4 is 5.91 Å². The summed E-state index contributed by atoms with van der Waals surface area (Å²) in [5.74, 6) is 0.226. The number of hydroxylamine groups is 2. The second-order valence-electron chi connectivity index (χ2n) is 3.66. The third-order valence-electron chi connectivity index (χ3n) is 2.45. The Kier molecular flexibility index (Phi) is 4.48. The summed E-state index contributed by atoms with van der Waals surface area (Å²) in [5.41, 5.74) is 1.03. The minimum Gasteiger partial charge on any atom is -0.497 e. The lowest BCUT2D eigenvalue weighted by atomic mass is 10.1. The quantitative estimate of drug-likeness (QED) is 0.806. The molecule has 1 rings (SSSR count). The lowest BCUT2D eigenvalue weighted by molar-refractivity contribution is -0.0757. The number of hydrogen-bond acceptors (Lipinski definition) is 4. The summed E-state index contributed by atoms with van der Waals surface area (Å²) in [6.45, 7) is 1.63. The molecule has 0 aliphatic rings. The summed E-state index contributed by atoms with van der Waals surface area (Å²) in [6.07, 6.45) is -0.662. The number of carbonyl (C=O) groups excluding carboxylic acids is 1. The van der Waals surface area contributed by atoms with Gasteiger partial charge in [-0.1, -0.05) is 0 Å². The van der Waals surface area contributed by atoms with E-state index in [1.165, 1.54) is 21.3 Å². The second kappa shape index (κ2) is 5.65. The van der Waals surface area contributed by atoms with E-state index in [9.17, 15) is 9.90 Å². The molecule has 1 atom stereocenters. The molecule has 94 valence electrons. The highest BCUT2D eigenvalue weighted by atomic mass is 16.7. The van der Waals surface area contributed by atoms with Gasteiger partial charge >= 0.3 is 0 Å². The zero-order valence-electron chi connectivity index (χ0n) is 10.4. The van der Waals surface area contributed by atoms with Gasteiger partial charge in [-0.3, -0.25) is 9.63 Å². The molecule has 1 aromatic rings. The van der Waals surface area contributed by atoms with Gasteiger partial charge in [0.2, 0.25) is 0 Å². The van der Waals surface area contributed by atoms with Gasteiger partial charge in [0, 0.05) is 12.6 Å². The van der Waals surface area contributed by atoms with Crippen molar-refractivity contribution in [3.8, 4) is 5.75 Å². The van der Waals surface area contributed by atoms with Crippen molar-refractivity contribution in [2.45, 2.75) is 13.0 Å². The zero-order valence-corrected chi connectivity index (χ0v) is 10.4. The van der Waals surface area contributed by atoms with Gasteiger partial charge in [0.25, 0.3) is 5.91 Å². The van der Waals surface area contributed by atoms with Crippen LogP contribution in [0.2, 0.25) is 0 Å². The Bertz CT molecular complexity index is 403. The Morgan fingerprint density at radius 1 is 1.35 bits per heavy atom. The molecular formula is C12H17NO4. The maximum absolute atomic E-state index is 11.9. The number of amides is 1. The topological polar surface area (TPSA) is 59.0 Å². The minimum absolute atomic E-state index is 0.298. The monoisotopic (exact) mass is 239 g/mol. The third kappa shape index (κ3) is 3.18. The van der Waals surface area contributed by atoms with E-state index in [1.54, 1.807) is 25.1 Å². The van der Waals surface area contributed by atoms with Crippen LogP contribution >= 0.6 is 0 Å². The van der Waals surface area contributed by atoms with Crippen LogP contribution in [-0.2, 0) is 4.84 Å². The van der Waals surface area contributed by atoms with Gasteiger partial charge in [-0.25, -0.2) is 5.06 Å². The molecule has 5 heteroatoms. The predicted molar refractivity (Wildman–Crippen MR) is 62.7 cm³/mol. The Morgan fingerprint density at radius 3 is 2.47 bits per heavy atom. The van der Waals surface area contributed by atoms with Crippen molar-refractivity contribution in [3.63, 3.8) is 0 Å². The highest BCUT2D eigenvalue weighted by Crippen LogP contribution is 2.22. The fourth-order valence-electron chi connectivity index (χ4n) is 1.37. The average molecular weight is 239 g/mol. The van der Waals surface area contributed by atoms with Gasteiger partial charge in [-0.15, -0.1) is 0 Å². The molecule has 0 saturated heterocycles. The maximum Gasteiger partial charge on any atom is 0.277 e. The molecular weight excluding hydrogens is 222 g/mol. The second-order valence-corrected chi connectivity index (χ2v) is 3.66. The predicted octanol–water partition coefficient (Wildman–Crippen LogP) is 1.38. The largest absolute Gasteiger partial charge is 0.497 e. The van der Waals surface area contributed by atoms with Gasteiger partial charge in [-0.2, -0.15) is 0 Å². The summed E-state index contributed by atoms with van der Waals surface area (Å²) in [5, 5.41) is 10.6. The van der Waals surface area contributed by atoms with Crippen molar-refractivity contribution in [1.29, 1.82) is 0 Å². The van der Waals surface area contributed by atoms with E-state index in [4.69, 9.17) is 9.57 Å². The molecule has 5 nitrogen and oxygen atoms in total. The smallest absolute Gasteiger partial charge is 0.277 e. The molecule has 0 radical (unpaired) electrons. The van der Waals surface area contributed by atoms with E-state index in [0.717, 1.165) is 5.06 Å². The highest BCUT2D eigenvalue weighted by molar-refractivity contribution is 5.94. The summed E-state index contributed by atoms with van der Waals surface area (Å²) in [7, 11) is 4.44. The Morgan fingerprint density at radius 2 is 2.00 bits per heavy atom. The molecule has 17 heavy (non-hydrogen) atoms. The van der Waals surface area contributed by atoms with Crippen molar-refractivity contribution in [2.24, 2.45) is 0 Å². The van der Waals surface area contributed by atoms with Crippen molar-refractivity contribution in [1.82, 2.24) is 5.06 Å². The molecule has 1 aromatic carbocycles. The number of carbonyl (C=O) groups is 1. The van der Waals surface area contributed by atoms with Crippen LogP contribution in [0.15, 0.2) is 18.2 Å². The van der Waals surface area contributed by atoms with E-state index in [1.807, 2.05) is 0 Å². The number of rotatable bonds is 4. The Balaban J connectivity index is 3.15. The third-order valence-corrected chi connectivity index (χ3v) is 2.45. The van der Waals surface area contributed by atoms with Gasteiger partial charge in [0.15, 0.2) is 0 Å². The molecule has 1 N–H and O–H groups in total. The number of ether oxygens (including phenoxy) is 1. The summed E-state index contributed by atoms with van der Waals surface area (Å²) < 4.78 is 5.09. The van der Waals surface area contributed by atoms with Gasteiger partial charge in [-0.05, 0) is 30.7 Å². The van der Waals surface area contributed by atoms with Gasteiger partial charge in [0.05, 0.1) is 20.3 Å². The van der Waals surface area contributed by atoms with Gasteiger partial charge < -0.3 is 9.84 Å². The fraction of sp³-hybridized carbons (Fsp3) is 0.417. The maximum atomic E-state index is 11.9. The number of benzene rings is 1. The number of methoxy groups -OCH3 is 1. The summed E-state index contributed by atoms with van der Waals surface area (Å²) in [6, 6.07) is 4.91. The normalized spacial score (nSPS) is 12.1. The first kappa shape index (κ1) is 13.5. The standard InChI is InChI=1S/C12H17NO4/c1-8(14)9-5-10(7-11(6-9)16-3)12(15)13(2)17-4/h5-8,14H,1-4H3. The van der Waals surface area contributed by atoms with Crippen LogP contribution in [0.25, 0.3) is 0 Å². The first-order valence-electron chi connectivity index (χ1n) is 5.18. The van der Waals surface area contributed by atoms with E-state index in [0.29, 0.717) is 16.9 Å². The van der Waals surface area contributed by atoms with Crippen molar-refractivity contribution in [3.05, 3.63) is 29.3 Å². The number of aliphatic hydroxyl groups excluding tert-OH is 1. The molecule has 1 amide bonds. The van der Waals surface area contributed by atoms with E-state index < -0.39 is 6.10 Å². The van der Waals surface area contributed by atoms with Crippen LogP contribution in [-0.4, -0.2) is 37.3 Å². The number of nitrogens with zero attached hydrogens (tertiary/aromatic N) is 1. The summed E-state index contributed by atoms with van der Waals surface area (Å²) in [4.78, 5) is 16.7. The van der Waals surface area contributed by atoms with Gasteiger partial charge in [0.1, 0.15) is 5.75 Å². The van der Waals surface area contributed by atoms with Crippen LogP contribution in [0.3, 0.4) is 0 Å². The molecule has 0 spiro atoms. The van der Waals surface area contributed by atoms with Crippen LogP contribution in [0.1, 0.15) is 28.9 Å². The first-order valence-corrected chi connectivity index (χ1v) is 5.18. The lowest BCUT2D eigenvalue weighted by Crippen LogP contribution is -2.25. The fourth-order valence-corrected chi connectivity index (χ4v) is 1.37. The van der Waals surface area contributed by atoms with Crippen LogP contribution in [0.5, 0.6) is 5.75 Å². The van der Waals surface area contributed by atoms with Crippen LogP contribution < -0.4 is 4.74 Å². The minimum atomic E-state index is -0.662. The highest BCUT2D eigenvalue weighted by Gasteiger charge is 2.15. The van der Waals surface area contributed by atoms with Crippen LogP contribution in [0, 0.1) is 0 Å². The molecule has 1 unspecified atom stereocenters. The molecule has 0 bridgehead atoms. The first-order chi connectivity index (χ1) is 7.99. The van der Waals surface area contributed by atoms with Crippen LogP contribution in [0.4, 0.5) is 0 Å². The Hall–Kier alpha value is -1.59. The van der Waals surface area contributed by atoms with E-state index >= 15 is 0 Å². The molecule has 0 fully saturated rings. The average Bonchev–Trinajstić information content (AvgIpc) is 2.36.